The molecule has 30 heavy (non-hydrogen) atoms. The monoisotopic (exact) mass is 418 g/mol. The minimum atomic E-state index is -0.804. The molecule has 3 heterocycles. The molecule has 0 bridgehead atoms. The zero-order chi connectivity index (χ0) is 20.6. The van der Waals surface area contributed by atoms with E-state index in [1.54, 1.807) is 12.3 Å². The Morgan fingerprint density at radius 3 is 2.57 bits per heavy atom. The fraction of sp³-hybridized carbons (Fsp3) is 0.261. The minimum absolute atomic E-state index is 0.150. The first-order valence-corrected chi connectivity index (χ1v) is 11.0. The molecule has 2 saturated heterocycles. The van der Waals surface area contributed by atoms with Crippen molar-refractivity contribution in [2.24, 2.45) is 0 Å². The second-order valence-corrected chi connectivity index (χ2v) is 8.70. The van der Waals surface area contributed by atoms with E-state index in [1.807, 2.05) is 41.8 Å². The van der Waals surface area contributed by atoms with E-state index in [9.17, 15) is 9.59 Å². The number of thiazole rings is 1. The topological polar surface area (TPSA) is 65.5 Å². The summed E-state index contributed by atoms with van der Waals surface area (Å²) < 4.78 is 0. The predicted octanol–water partition coefficient (Wildman–Crippen LogP) is 3.90. The zero-order valence-corrected chi connectivity index (χ0v) is 17.3. The molecule has 0 aliphatic carbocycles. The first-order valence-electron chi connectivity index (χ1n) is 10.1. The van der Waals surface area contributed by atoms with Crippen LogP contribution in [0.1, 0.15) is 18.4 Å². The van der Waals surface area contributed by atoms with E-state index in [1.165, 1.54) is 21.8 Å². The van der Waals surface area contributed by atoms with E-state index >= 15 is 0 Å². The third kappa shape index (κ3) is 3.40. The molecule has 0 saturated carbocycles. The molecular weight excluding hydrogens is 396 g/mol. The molecule has 1 N–H and O–H groups in total. The van der Waals surface area contributed by atoms with Gasteiger partial charge in [-0.05, 0) is 30.5 Å². The van der Waals surface area contributed by atoms with Crippen molar-refractivity contribution < 1.29 is 9.59 Å². The highest BCUT2D eigenvalue weighted by Gasteiger charge is 2.52. The number of carbonyl (C=O) groups is 2. The SMILES string of the molecule is O=C1NC2(CCN(Cc3ccccc3)CC2)C(=O)N1c1cccc(-c2nccs2)c1. The van der Waals surface area contributed by atoms with Crippen LogP contribution in [0.4, 0.5) is 10.5 Å². The molecule has 0 atom stereocenters. The van der Waals surface area contributed by atoms with Crippen LogP contribution in [-0.2, 0) is 11.3 Å². The number of aromatic nitrogens is 1. The molecule has 152 valence electrons. The number of imide groups is 1. The summed E-state index contributed by atoms with van der Waals surface area (Å²) in [7, 11) is 0. The van der Waals surface area contributed by atoms with Crippen molar-refractivity contribution in [3.63, 3.8) is 0 Å². The van der Waals surface area contributed by atoms with Crippen molar-refractivity contribution in [3.05, 3.63) is 71.7 Å². The standard InChI is InChI=1S/C23H22N4O2S/c28-21-23(9-12-26(13-10-23)16-17-5-2-1-3-6-17)25-22(29)27(21)19-8-4-7-18(15-19)20-24-11-14-30-20/h1-8,11,14-15H,9-10,12-13,16H2,(H,25,29). The van der Waals surface area contributed by atoms with E-state index in [0.717, 1.165) is 30.2 Å². The van der Waals surface area contributed by atoms with E-state index < -0.39 is 5.54 Å². The van der Waals surface area contributed by atoms with Gasteiger partial charge in [-0.1, -0.05) is 42.5 Å². The fourth-order valence-electron chi connectivity index (χ4n) is 4.27. The zero-order valence-electron chi connectivity index (χ0n) is 16.5. The van der Waals surface area contributed by atoms with Crippen LogP contribution in [0, 0.1) is 0 Å². The van der Waals surface area contributed by atoms with E-state index in [-0.39, 0.29) is 11.9 Å². The average Bonchev–Trinajstić information content (AvgIpc) is 3.38. The lowest BCUT2D eigenvalue weighted by molar-refractivity contribution is -0.123. The molecular formula is C23H22N4O2S. The molecule has 2 aliphatic rings. The Morgan fingerprint density at radius 1 is 1.03 bits per heavy atom. The number of carbonyl (C=O) groups excluding carboxylic acids is 2. The highest BCUT2D eigenvalue weighted by atomic mass is 32.1. The third-order valence-electron chi connectivity index (χ3n) is 5.90. The summed E-state index contributed by atoms with van der Waals surface area (Å²) in [6, 6.07) is 17.5. The van der Waals surface area contributed by atoms with Crippen LogP contribution >= 0.6 is 11.3 Å². The van der Waals surface area contributed by atoms with Crippen molar-refractivity contribution in [2.75, 3.05) is 18.0 Å². The lowest BCUT2D eigenvalue weighted by atomic mass is 9.87. The van der Waals surface area contributed by atoms with Gasteiger partial charge in [0.25, 0.3) is 5.91 Å². The largest absolute Gasteiger partial charge is 0.329 e. The maximum absolute atomic E-state index is 13.4. The molecule has 2 aromatic carbocycles. The van der Waals surface area contributed by atoms with Crippen LogP contribution in [0.5, 0.6) is 0 Å². The normalized spacial score (nSPS) is 18.7. The maximum atomic E-state index is 13.4. The first-order chi connectivity index (χ1) is 14.6. The van der Waals surface area contributed by atoms with Crippen molar-refractivity contribution in [1.82, 2.24) is 15.2 Å². The quantitative estimate of drug-likeness (QED) is 0.653. The average molecular weight is 419 g/mol. The molecule has 0 unspecified atom stereocenters. The minimum Gasteiger partial charge on any atom is -0.323 e. The van der Waals surface area contributed by atoms with Crippen LogP contribution in [0.3, 0.4) is 0 Å². The third-order valence-corrected chi connectivity index (χ3v) is 6.73. The van der Waals surface area contributed by atoms with Crippen molar-refractivity contribution in [3.8, 4) is 10.6 Å². The molecule has 3 amide bonds. The lowest BCUT2D eigenvalue weighted by Gasteiger charge is -2.37. The summed E-state index contributed by atoms with van der Waals surface area (Å²) >= 11 is 1.53. The number of rotatable bonds is 4. The van der Waals surface area contributed by atoms with Gasteiger partial charge in [0.05, 0.1) is 5.69 Å². The number of benzene rings is 2. The number of likely N-dealkylation sites (tertiary alicyclic amines) is 1. The Morgan fingerprint density at radius 2 is 1.83 bits per heavy atom. The van der Waals surface area contributed by atoms with Crippen LogP contribution in [0.15, 0.2) is 66.2 Å². The van der Waals surface area contributed by atoms with Crippen LogP contribution in [0.25, 0.3) is 10.6 Å². The Bertz CT molecular complexity index is 1060. The first kappa shape index (κ1) is 19.0. The van der Waals surface area contributed by atoms with Gasteiger partial charge < -0.3 is 5.32 Å². The molecule has 3 aromatic rings. The summed E-state index contributed by atoms with van der Waals surface area (Å²) in [5.74, 6) is -0.150. The second kappa shape index (κ2) is 7.66. The highest BCUT2D eigenvalue weighted by Crippen LogP contribution is 2.34. The van der Waals surface area contributed by atoms with Gasteiger partial charge in [0.2, 0.25) is 0 Å². The molecule has 1 spiro atoms. The highest BCUT2D eigenvalue weighted by molar-refractivity contribution is 7.13. The van der Waals surface area contributed by atoms with Gasteiger partial charge in [0, 0.05) is 36.8 Å². The molecule has 2 fully saturated rings. The van der Waals surface area contributed by atoms with Crippen LogP contribution in [-0.4, -0.2) is 40.5 Å². The Balaban J connectivity index is 1.32. The number of hydrogen-bond acceptors (Lipinski definition) is 5. The number of piperidine rings is 1. The van der Waals surface area contributed by atoms with Crippen molar-refractivity contribution >= 4 is 29.0 Å². The smallest absolute Gasteiger partial charge is 0.323 e. The van der Waals surface area contributed by atoms with Gasteiger partial charge >= 0.3 is 6.03 Å². The van der Waals surface area contributed by atoms with Gasteiger partial charge in [-0.3, -0.25) is 9.69 Å². The summed E-state index contributed by atoms with van der Waals surface area (Å²) in [5.41, 5.74) is 1.95. The Labute approximate surface area is 179 Å². The summed E-state index contributed by atoms with van der Waals surface area (Å²) in [5, 5.41) is 5.78. The number of nitrogens with zero attached hydrogens (tertiary/aromatic N) is 3. The molecule has 1 aromatic heterocycles. The van der Waals surface area contributed by atoms with Gasteiger partial charge in [-0.15, -0.1) is 11.3 Å². The Hall–Kier alpha value is -3.03. The molecule has 0 radical (unpaired) electrons. The molecule has 7 heteroatoms. The van der Waals surface area contributed by atoms with Crippen LogP contribution in [0.2, 0.25) is 0 Å². The predicted molar refractivity (Wildman–Crippen MR) is 117 cm³/mol. The summed E-state index contributed by atoms with van der Waals surface area (Å²) in [6.45, 7) is 2.40. The van der Waals surface area contributed by atoms with E-state index in [2.05, 4.69) is 27.3 Å². The van der Waals surface area contributed by atoms with Gasteiger partial charge in [-0.25, -0.2) is 14.7 Å². The molecule has 2 aliphatic heterocycles. The van der Waals surface area contributed by atoms with Gasteiger partial charge in [0.1, 0.15) is 10.5 Å². The molecule has 6 nitrogen and oxygen atoms in total. The fourth-order valence-corrected chi connectivity index (χ4v) is 4.91. The maximum Gasteiger partial charge on any atom is 0.329 e. The summed E-state index contributed by atoms with van der Waals surface area (Å²) in [6.07, 6.45) is 2.98. The van der Waals surface area contributed by atoms with Gasteiger partial charge in [-0.2, -0.15) is 0 Å². The summed E-state index contributed by atoms with van der Waals surface area (Å²) in [4.78, 5) is 34.1. The number of anilines is 1. The van der Waals surface area contributed by atoms with Gasteiger partial charge in [0.15, 0.2) is 0 Å². The van der Waals surface area contributed by atoms with E-state index in [4.69, 9.17) is 0 Å². The Kier molecular flexibility index (Phi) is 4.84. The molecule has 5 rings (SSSR count). The second-order valence-electron chi connectivity index (χ2n) is 7.80. The lowest BCUT2D eigenvalue weighted by Crippen LogP contribution is -2.54. The number of nitrogens with one attached hydrogen (secondary N) is 1. The number of urea groups is 1. The van der Waals surface area contributed by atoms with Crippen molar-refractivity contribution in [2.45, 2.75) is 24.9 Å². The van der Waals surface area contributed by atoms with Crippen molar-refractivity contribution in [1.29, 1.82) is 0 Å². The van der Waals surface area contributed by atoms with E-state index in [0.29, 0.717) is 18.5 Å². The number of hydrogen-bond donors (Lipinski definition) is 1. The number of amides is 3. The van der Waals surface area contributed by atoms with Crippen LogP contribution < -0.4 is 10.2 Å².